The molecule has 3 rings (SSSR count). The molecule has 1 amide bonds. The van der Waals surface area contributed by atoms with Gasteiger partial charge in [0, 0.05) is 30.3 Å². The van der Waals surface area contributed by atoms with Crippen LogP contribution in [-0.2, 0) is 16.0 Å². The van der Waals surface area contributed by atoms with Crippen molar-refractivity contribution in [1.29, 1.82) is 0 Å². The fraction of sp³-hybridized carbons (Fsp3) is 0.737. The molecule has 6 heteroatoms. The molecule has 1 aliphatic carbocycles. The van der Waals surface area contributed by atoms with Crippen molar-refractivity contribution in [1.82, 2.24) is 15.3 Å². The first kappa shape index (κ1) is 18.1. The predicted molar refractivity (Wildman–Crippen MR) is 97.5 cm³/mol. The maximum absolute atomic E-state index is 12.4. The highest BCUT2D eigenvalue weighted by molar-refractivity contribution is 5.81. The molecule has 1 aromatic rings. The molecule has 6 nitrogen and oxygen atoms in total. The van der Waals surface area contributed by atoms with Crippen molar-refractivity contribution in [2.45, 2.75) is 72.1 Å². The molecule has 25 heavy (non-hydrogen) atoms. The Morgan fingerprint density at radius 1 is 1.28 bits per heavy atom. The minimum Gasteiger partial charge on any atom is -0.372 e. The lowest BCUT2D eigenvalue weighted by molar-refractivity contribution is -0.129. The fourth-order valence-electron chi connectivity index (χ4n) is 3.55. The highest BCUT2D eigenvalue weighted by atomic mass is 16.5. The molecule has 0 spiro atoms. The number of nitrogens with zero attached hydrogens (tertiary/aromatic N) is 3. The first-order valence-corrected chi connectivity index (χ1v) is 9.31. The average Bonchev–Trinajstić information content (AvgIpc) is 2.52. The van der Waals surface area contributed by atoms with Crippen molar-refractivity contribution < 1.29 is 9.53 Å². The van der Waals surface area contributed by atoms with E-state index in [1.54, 1.807) is 0 Å². The van der Waals surface area contributed by atoms with Gasteiger partial charge in [-0.3, -0.25) is 4.79 Å². The zero-order valence-electron chi connectivity index (χ0n) is 16.0. The molecule has 1 saturated heterocycles. The summed E-state index contributed by atoms with van der Waals surface area (Å²) >= 11 is 0. The van der Waals surface area contributed by atoms with Crippen LogP contribution in [0.5, 0.6) is 0 Å². The van der Waals surface area contributed by atoms with Crippen molar-refractivity contribution >= 4 is 11.9 Å². The number of amides is 1. The van der Waals surface area contributed by atoms with Gasteiger partial charge in [-0.15, -0.1) is 0 Å². The molecule has 2 aliphatic rings. The Kier molecular flexibility index (Phi) is 5.00. The number of fused-ring (bicyclic) bond motifs is 1. The maximum atomic E-state index is 12.4. The molecule has 1 N–H and O–H groups in total. The van der Waals surface area contributed by atoms with Gasteiger partial charge in [0.25, 0.3) is 0 Å². The van der Waals surface area contributed by atoms with Gasteiger partial charge in [-0.1, -0.05) is 20.8 Å². The Hall–Kier alpha value is -1.69. The molecule has 1 fully saturated rings. The summed E-state index contributed by atoms with van der Waals surface area (Å²) in [7, 11) is 0. The third-order valence-electron chi connectivity index (χ3n) is 4.86. The van der Waals surface area contributed by atoms with Crippen molar-refractivity contribution in [2.75, 3.05) is 18.0 Å². The number of carbonyl (C=O) groups is 1. The van der Waals surface area contributed by atoms with Crippen LogP contribution in [0.2, 0.25) is 0 Å². The lowest BCUT2D eigenvalue weighted by atomic mass is 9.90. The summed E-state index contributed by atoms with van der Waals surface area (Å²) in [6.45, 7) is 11.6. The average molecular weight is 346 g/mol. The largest absolute Gasteiger partial charge is 0.372 e. The van der Waals surface area contributed by atoms with E-state index in [0.29, 0.717) is 0 Å². The summed E-state index contributed by atoms with van der Waals surface area (Å²) in [5.41, 5.74) is 1.75. The molecule has 138 valence electrons. The van der Waals surface area contributed by atoms with Gasteiger partial charge < -0.3 is 15.0 Å². The number of ether oxygens (including phenoxy) is 1. The zero-order chi connectivity index (χ0) is 18.2. The Balaban J connectivity index is 1.79. The van der Waals surface area contributed by atoms with Crippen LogP contribution in [0.1, 0.15) is 64.8 Å². The van der Waals surface area contributed by atoms with E-state index in [2.05, 4.69) is 29.0 Å². The van der Waals surface area contributed by atoms with E-state index in [1.807, 2.05) is 27.0 Å². The van der Waals surface area contributed by atoms with E-state index in [0.717, 1.165) is 49.6 Å². The molecule has 0 saturated carbocycles. The van der Waals surface area contributed by atoms with Crippen LogP contribution in [0.3, 0.4) is 0 Å². The van der Waals surface area contributed by atoms with Gasteiger partial charge in [-0.05, 0) is 33.1 Å². The van der Waals surface area contributed by atoms with Crippen LogP contribution in [0.15, 0.2) is 6.20 Å². The molecule has 0 aromatic carbocycles. The topological polar surface area (TPSA) is 67.4 Å². The quantitative estimate of drug-likeness (QED) is 0.892. The van der Waals surface area contributed by atoms with E-state index in [1.165, 1.54) is 0 Å². The second-order valence-corrected chi connectivity index (χ2v) is 8.40. The molecule has 0 bridgehead atoms. The third kappa shape index (κ3) is 4.11. The number of hydrogen-bond donors (Lipinski definition) is 1. The Labute approximate surface area is 150 Å². The summed E-state index contributed by atoms with van der Waals surface area (Å²) in [5.74, 6) is 0.855. The molecule has 0 unspecified atom stereocenters. The summed E-state index contributed by atoms with van der Waals surface area (Å²) < 4.78 is 5.80. The minimum absolute atomic E-state index is 0.0204. The summed E-state index contributed by atoms with van der Waals surface area (Å²) in [5, 5.41) is 3.18. The van der Waals surface area contributed by atoms with Crippen LogP contribution < -0.4 is 10.2 Å². The van der Waals surface area contributed by atoms with Gasteiger partial charge in [0.1, 0.15) is 0 Å². The number of morpholine rings is 1. The molecule has 0 radical (unpaired) electrons. The SMILES string of the molecule is C[C@@H]1CN(c2ncc3c(n2)CCC[C@H]3NC(=O)C(C)(C)C)C[C@H](C)O1. The van der Waals surface area contributed by atoms with Crippen LogP contribution in [0.25, 0.3) is 0 Å². The van der Waals surface area contributed by atoms with E-state index in [9.17, 15) is 4.79 Å². The van der Waals surface area contributed by atoms with Crippen molar-refractivity contribution in [3.63, 3.8) is 0 Å². The van der Waals surface area contributed by atoms with E-state index >= 15 is 0 Å². The number of hydrogen-bond acceptors (Lipinski definition) is 5. The van der Waals surface area contributed by atoms with Gasteiger partial charge in [0.05, 0.1) is 23.9 Å². The first-order valence-electron chi connectivity index (χ1n) is 9.31. The van der Waals surface area contributed by atoms with Crippen LogP contribution in [0, 0.1) is 5.41 Å². The highest BCUT2D eigenvalue weighted by Crippen LogP contribution is 2.30. The maximum Gasteiger partial charge on any atom is 0.225 e. The first-order chi connectivity index (χ1) is 11.7. The Morgan fingerprint density at radius 3 is 2.60 bits per heavy atom. The molecule has 1 aromatic heterocycles. The van der Waals surface area contributed by atoms with Crippen LogP contribution in [0.4, 0.5) is 5.95 Å². The molecular formula is C19H30N4O2. The fourth-order valence-corrected chi connectivity index (χ4v) is 3.55. The van der Waals surface area contributed by atoms with Gasteiger partial charge in [-0.25, -0.2) is 9.97 Å². The van der Waals surface area contributed by atoms with E-state index < -0.39 is 5.41 Å². The summed E-state index contributed by atoms with van der Waals surface area (Å²) in [4.78, 5) is 24.0. The van der Waals surface area contributed by atoms with Crippen molar-refractivity contribution in [3.8, 4) is 0 Å². The number of aromatic nitrogens is 2. The van der Waals surface area contributed by atoms with Crippen LogP contribution >= 0.6 is 0 Å². The summed E-state index contributed by atoms with van der Waals surface area (Å²) in [6, 6.07) is 0.0204. The third-order valence-corrected chi connectivity index (χ3v) is 4.86. The minimum atomic E-state index is -0.390. The number of anilines is 1. The Morgan fingerprint density at radius 2 is 1.96 bits per heavy atom. The molecular weight excluding hydrogens is 316 g/mol. The molecule has 3 atom stereocenters. The van der Waals surface area contributed by atoms with Gasteiger partial charge in [0.15, 0.2) is 0 Å². The van der Waals surface area contributed by atoms with Gasteiger partial charge in [0.2, 0.25) is 11.9 Å². The lowest BCUT2D eigenvalue weighted by Crippen LogP contribution is -2.46. The van der Waals surface area contributed by atoms with E-state index in [4.69, 9.17) is 9.72 Å². The van der Waals surface area contributed by atoms with E-state index in [-0.39, 0.29) is 24.2 Å². The van der Waals surface area contributed by atoms with Gasteiger partial charge >= 0.3 is 0 Å². The lowest BCUT2D eigenvalue weighted by Gasteiger charge is -2.36. The van der Waals surface area contributed by atoms with Gasteiger partial charge in [-0.2, -0.15) is 0 Å². The molecule has 1 aliphatic heterocycles. The number of aryl methyl sites for hydroxylation is 1. The van der Waals surface area contributed by atoms with Crippen molar-refractivity contribution in [2.24, 2.45) is 5.41 Å². The monoisotopic (exact) mass is 346 g/mol. The predicted octanol–water partition coefficient (Wildman–Crippen LogP) is 2.63. The van der Waals surface area contributed by atoms with Crippen LogP contribution in [-0.4, -0.2) is 41.2 Å². The number of nitrogens with one attached hydrogen (secondary N) is 1. The van der Waals surface area contributed by atoms with Crippen molar-refractivity contribution in [3.05, 3.63) is 17.5 Å². The second-order valence-electron chi connectivity index (χ2n) is 8.40. The Bertz CT molecular complexity index is 631. The summed E-state index contributed by atoms with van der Waals surface area (Å²) in [6.07, 6.45) is 5.21. The normalized spacial score (nSPS) is 26.9. The zero-order valence-corrected chi connectivity index (χ0v) is 16.0. The molecule has 2 heterocycles. The standard InChI is InChI=1S/C19H30N4O2/c1-12-10-23(11-13(2)25-12)18-20-9-14-15(7-6-8-16(14)22-18)21-17(24)19(3,4)5/h9,12-13,15H,6-8,10-11H2,1-5H3,(H,21,24)/t12-,13+,15-/m1/s1. The number of rotatable bonds is 2. The second kappa shape index (κ2) is 6.90. The number of carbonyl (C=O) groups excluding carboxylic acids is 1. The smallest absolute Gasteiger partial charge is 0.225 e. The highest BCUT2D eigenvalue weighted by Gasteiger charge is 2.30.